The lowest BCUT2D eigenvalue weighted by Crippen LogP contribution is -2.23. The van der Waals surface area contributed by atoms with Crippen LogP contribution in [0.25, 0.3) is 0 Å². The SMILES string of the molecule is O=[N+]([O-])c1ccc(Cl)c(NCC2CCC=CO2)c1. The lowest BCUT2D eigenvalue weighted by Gasteiger charge is -2.20. The Balaban J connectivity index is 2.01. The van der Waals surface area contributed by atoms with Gasteiger partial charge >= 0.3 is 0 Å². The molecule has 18 heavy (non-hydrogen) atoms. The Morgan fingerprint density at radius 3 is 3.06 bits per heavy atom. The lowest BCUT2D eigenvalue weighted by molar-refractivity contribution is -0.384. The van der Waals surface area contributed by atoms with Crippen molar-refractivity contribution in [3.63, 3.8) is 0 Å². The number of hydrogen-bond acceptors (Lipinski definition) is 4. The lowest BCUT2D eigenvalue weighted by atomic mass is 10.1. The molecule has 2 rings (SSSR count). The van der Waals surface area contributed by atoms with E-state index in [1.807, 2.05) is 6.08 Å². The van der Waals surface area contributed by atoms with Crippen molar-refractivity contribution in [2.75, 3.05) is 11.9 Å². The summed E-state index contributed by atoms with van der Waals surface area (Å²) >= 11 is 5.98. The Hall–Kier alpha value is -1.75. The van der Waals surface area contributed by atoms with Crippen LogP contribution < -0.4 is 5.32 Å². The van der Waals surface area contributed by atoms with Gasteiger partial charge in [0, 0.05) is 12.1 Å². The van der Waals surface area contributed by atoms with Crippen LogP contribution in [0.1, 0.15) is 12.8 Å². The van der Waals surface area contributed by atoms with Gasteiger partial charge < -0.3 is 10.1 Å². The normalized spacial score (nSPS) is 18.2. The number of nitro benzene ring substituents is 1. The van der Waals surface area contributed by atoms with E-state index in [-0.39, 0.29) is 11.8 Å². The van der Waals surface area contributed by atoms with Gasteiger partial charge in [-0.05, 0) is 25.0 Å². The summed E-state index contributed by atoms with van der Waals surface area (Å²) in [5.41, 5.74) is 0.579. The second-order valence-corrected chi connectivity index (χ2v) is 4.42. The van der Waals surface area contributed by atoms with Crippen molar-refractivity contribution in [1.29, 1.82) is 0 Å². The standard InChI is InChI=1S/C12H13ClN2O3/c13-11-5-4-9(15(16)17)7-12(11)14-8-10-3-1-2-6-18-10/h2,4-7,10,14H,1,3,8H2. The number of rotatable bonds is 4. The quantitative estimate of drug-likeness (QED) is 0.672. The summed E-state index contributed by atoms with van der Waals surface area (Å²) in [7, 11) is 0. The topological polar surface area (TPSA) is 64.4 Å². The molecular weight excluding hydrogens is 256 g/mol. The minimum absolute atomic E-state index is 0.0198. The fourth-order valence-electron chi connectivity index (χ4n) is 1.72. The maximum absolute atomic E-state index is 10.7. The second kappa shape index (κ2) is 5.73. The first-order chi connectivity index (χ1) is 8.66. The summed E-state index contributed by atoms with van der Waals surface area (Å²) < 4.78 is 5.40. The predicted octanol–water partition coefficient (Wildman–Crippen LogP) is 3.35. The van der Waals surface area contributed by atoms with Crippen LogP contribution in [-0.2, 0) is 4.74 Å². The Labute approximate surface area is 110 Å². The number of allylic oxidation sites excluding steroid dienone is 1. The van der Waals surface area contributed by atoms with E-state index in [0.717, 1.165) is 12.8 Å². The smallest absolute Gasteiger partial charge is 0.271 e. The van der Waals surface area contributed by atoms with Gasteiger partial charge in [-0.25, -0.2) is 0 Å². The van der Waals surface area contributed by atoms with Crippen molar-refractivity contribution >= 4 is 23.0 Å². The van der Waals surface area contributed by atoms with Crippen molar-refractivity contribution < 1.29 is 9.66 Å². The van der Waals surface area contributed by atoms with Gasteiger partial charge in [0.05, 0.1) is 28.4 Å². The van der Waals surface area contributed by atoms with Crippen LogP contribution in [-0.4, -0.2) is 17.6 Å². The number of nitrogens with one attached hydrogen (secondary N) is 1. The molecule has 1 N–H and O–H groups in total. The van der Waals surface area contributed by atoms with E-state index >= 15 is 0 Å². The van der Waals surface area contributed by atoms with Crippen molar-refractivity contribution in [2.24, 2.45) is 0 Å². The largest absolute Gasteiger partial charge is 0.497 e. The minimum Gasteiger partial charge on any atom is -0.497 e. The molecule has 0 saturated heterocycles. The summed E-state index contributed by atoms with van der Waals surface area (Å²) in [6.07, 6.45) is 5.64. The summed E-state index contributed by atoms with van der Waals surface area (Å²) in [5, 5.41) is 14.2. The maximum Gasteiger partial charge on any atom is 0.271 e. The van der Waals surface area contributed by atoms with Crippen molar-refractivity contribution in [3.8, 4) is 0 Å². The van der Waals surface area contributed by atoms with Gasteiger partial charge in [0.25, 0.3) is 5.69 Å². The van der Waals surface area contributed by atoms with Crippen LogP contribution in [0.4, 0.5) is 11.4 Å². The van der Waals surface area contributed by atoms with E-state index in [1.165, 1.54) is 18.2 Å². The molecule has 0 aromatic heterocycles. The molecule has 1 aromatic carbocycles. The number of benzene rings is 1. The number of nitro groups is 1. The van der Waals surface area contributed by atoms with Gasteiger partial charge in [0.1, 0.15) is 6.10 Å². The fraction of sp³-hybridized carbons (Fsp3) is 0.333. The maximum atomic E-state index is 10.7. The zero-order valence-corrected chi connectivity index (χ0v) is 10.4. The number of anilines is 1. The number of halogens is 1. The Morgan fingerprint density at radius 2 is 2.39 bits per heavy atom. The van der Waals surface area contributed by atoms with E-state index < -0.39 is 4.92 Å². The highest BCUT2D eigenvalue weighted by Gasteiger charge is 2.13. The molecule has 0 bridgehead atoms. The molecule has 1 atom stereocenters. The molecule has 1 aliphatic heterocycles. The average Bonchev–Trinajstić information content (AvgIpc) is 2.38. The Kier molecular flexibility index (Phi) is 4.04. The van der Waals surface area contributed by atoms with E-state index in [4.69, 9.17) is 16.3 Å². The molecule has 5 nitrogen and oxygen atoms in total. The van der Waals surface area contributed by atoms with E-state index in [0.29, 0.717) is 17.3 Å². The van der Waals surface area contributed by atoms with Crippen LogP contribution in [0, 0.1) is 10.1 Å². The first-order valence-electron chi connectivity index (χ1n) is 5.65. The summed E-state index contributed by atoms with van der Waals surface area (Å²) in [4.78, 5) is 10.2. The first kappa shape index (κ1) is 12.7. The Morgan fingerprint density at radius 1 is 1.56 bits per heavy atom. The van der Waals surface area contributed by atoms with Gasteiger partial charge in [-0.15, -0.1) is 0 Å². The van der Waals surface area contributed by atoms with Crippen LogP contribution >= 0.6 is 11.6 Å². The van der Waals surface area contributed by atoms with Crippen molar-refractivity contribution in [1.82, 2.24) is 0 Å². The molecule has 0 aliphatic carbocycles. The molecule has 0 radical (unpaired) electrons. The number of non-ortho nitro benzene ring substituents is 1. The van der Waals surface area contributed by atoms with E-state index in [9.17, 15) is 10.1 Å². The van der Waals surface area contributed by atoms with E-state index in [1.54, 1.807) is 6.26 Å². The molecule has 1 unspecified atom stereocenters. The highest BCUT2D eigenvalue weighted by molar-refractivity contribution is 6.33. The third-order valence-corrected chi connectivity index (χ3v) is 3.03. The zero-order valence-electron chi connectivity index (χ0n) is 9.64. The molecule has 0 saturated carbocycles. The average molecular weight is 269 g/mol. The van der Waals surface area contributed by atoms with Crippen molar-refractivity contribution in [2.45, 2.75) is 18.9 Å². The summed E-state index contributed by atoms with van der Waals surface area (Å²) in [5.74, 6) is 0. The molecular formula is C12H13ClN2O3. The third kappa shape index (κ3) is 3.13. The van der Waals surface area contributed by atoms with Crippen molar-refractivity contribution in [3.05, 3.63) is 45.7 Å². The predicted molar refractivity (Wildman–Crippen MR) is 69.8 cm³/mol. The van der Waals surface area contributed by atoms with Crippen LogP contribution in [0.15, 0.2) is 30.5 Å². The Bertz CT molecular complexity index is 476. The molecule has 0 amide bonds. The molecule has 0 spiro atoms. The molecule has 6 heteroatoms. The molecule has 96 valence electrons. The number of ether oxygens (including phenoxy) is 1. The highest BCUT2D eigenvalue weighted by Crippen LogP contribution is 2.27. The third-order valence-electron chi connectivity index (χ3n) is 2.70. The summed E-state index contributed by atoms with van der Waals surface area (Å²) in [6.45, 7) is 0.575. The van der Waals surface area contributed by atoms with Gasteiger partial charge in [-0.2, -0.15) is 0 Å². The number of hydrogen-bond donors (Lipinski definition) is 1. The highest BCUT2D eigenvalue weighted by atomic mass is 35.5. The van der Waals surface area contributed by atoms with Gasteiger partial charge in [0.2, 0.25) is 0 Å². The second-order valence-electron chi connectivity index (χ2n) is 4.01. The van der Waals surface area contributed by atoms with Gasteiger partial charge in [0.15, 0.2) is 0 Å². The van der Waals surface area contributed by atoms with Crippen LogP contribution in [0.2, 0.25) is 5.02 Å². The zero-order chi connectivity index (χ0) is 13.0. The van der Waals surface area contributed by atoms with Gasteiger partial charge in [-0.3, -0.25) is 10.1 Å². The summed E-state index contributed by atoms with van der Waals surface area (Å²) in [6, 6.07) is 4.33. The molecule has 0 fully saturated rings. The van der Waals surface area contributed by atoms with Crippen LogP contribution in [0.3, 0.4) is 0 Å². The molecule has 1 aliphatic rings. The molecule has 1 aromatic rings. The first-order valence-corrected chi connectivity index (χ1v) is 6.03. The molecule has 1 heterocycles. The monoisotopic (exact) mass is 268 g/mol. The minimum atomic E-state index is -0.443. The van der Waals surface area contributed by atoms with Crippen LogP contribution in [0.5, 0.6) is 0 Å². The van der Waals surface area contributed by atoms with E-state index in [2.05, 4.69) is 5.32 Å². The van der Waals surface area contributed by atoms with Gasteiger partial charge in [-0.1, -0.05) is 11.6 Å². The fourth-order valence-corrected chi connectivity index (χ4v) is 1.91. The number of nitrogens with zero attached hydrogens (tertiary/aromatic N) is 1.